The second-order valence-electron chi connectivity index (χ2n) is 6.49. The van der Waals surface area contributed by atoms with Gasteiger partial charge in [-0.1, -0.05) is 81.3 Å². The Morgan fingerprint density at radius 1 is 1.03 bits per heavy atom. The van der Waals surface area contributed by atoms with Crippen molar-refractivity contribution in [3.8, 4) is 5.75 Å². The summed E-state index contributed by atoms with van der Waals surface area (Å²) in [7, 11) is 0. The number of imidazole rings is 1. The van der Waals surface area contributed by atoms with E-state index in [0.717, 1.165) is 6.42 Å². The zero-order valence-electron chi connectivity index (χ0n) is 17.3. The van der Waals surface area contributed by atoms with Crippen molar-refractivity contribution in [2.24, 2.45) is 0 Å². The van der Waals surface area contributed by atoms with E-state index in [-0.39, 0.29) is 12.6 Å². The molecule has 0 aliphatic carbocycles. The summed E-state index contributed by atoms with van der Waals surface area (Å²) in [6.45, 7) is 7.75. The van der Waals surface area contributed by atoms with Crippen molar-refractivity contribution in [3.63, 3.8) is 0 Å². The van der Waals surface area contributed by atoms with Crippen LogP contribution in [-0.4, -0.2) is 40.2 Å². The molecule has 0 aliphatic rings. The molecule has 29 heavy (non-hydrogen) atoms. The van der Waals surface area contributed by atoms with Gasteiger partial charge in [0.1, 0.15) is 12.9 Å². The van der Waals surface area contributed by atoms with Gasteiger partial charge in [0.2, 0.25) is 0 Å². The van der Waals surface area contributed by atoms with Crippen LogP contribution in [0.5, 0.6) is 5.75 Å². The van der Waals surface area contributed by atoms with Gasteiger partial charge in [-0.05, 0) is 18.6 Å². The Morgan fingerprint density at radius 2 is 1.66 bits per heavy atom. The van der Waals surface area contributed by atoms with Crippen molar-refractivity contribution in [2.75, 3.05) is 19.7 Å². The fraction of sp³-hybridized carbons (Fsp3) is 0.524. The van der Waals surface area contributed by atoms with E-state index in [1.54, 1.807) is 29.4 Å². The van der Waals surface area contributed by atoms with E-state index in [4.69, 9.17) is 39.5 Å². The molecular weight excluding hydrogens is 433 g/mol. The third kappa shape index (κ3) is 9.28. The number of hydrogen-bond acceptors (Lipinski definition) is 3. The Hall–Kier alpha value is -1.43. The predicted molar refractivity (Wildman–Crippen MR) is 122 cm³/mol. The summed E-state index contributed by atoms with van der Waals surface area (Å²) in [4.78, 5) is 17.9. The van der Waals surface area contributed by atoms with Gasteiger partial charge in [0.25, 0.3) is 0 Å². The van der Waals surface area contributed by atoms with Gasteiger partial charge in [-0.15, -0.1) is 0 Å². The first kappa shape index (κ1) is 25.6. The molecule has 2 rings (SSSR count). The normalized spacial score (nSPS) is 10.3. The van der Waals surface area contributed by atoms with Crippen molar-refractivity contribution in [2.45, 2.75) is 52.9 Å². The summed E-state index contributed by atoms with van der Waals surface area (Å²) >= 11 is 18.0. The summed E-state index contributed by atoms with van der Waals surface area (Å²) in [5.41, 5.74) is 0. The number of carbonyl (C=O) groups excluding carboxylic acids is 1. The highest BCUT2D eigenvalue weighted by atomic mass is 35.5. The van der Waals surface area contributed by atoms with Gasteiger partial charge in [-0.3, -0.25) is 4.57 Å². The third-order valence-electron chi connectivity index (χ3n) is 4.02. The van der Waals surface area contributed by atoms with Crippen LogP contribution in [0.3, 0.4) is 0 Å². The summed E-state index contributed by atoms with van der Waals surface area (Å²) in [6.07, 6.45) is 11.0. The number of halogens is 3. The first-order valence-electron chi connectivity index (χ1n) is 9.99. The van der Waals surface area contributed by atoms with E-state index < -0.39 is 0 Å². The predicted octanol–water partition coefficient (Wildman–Crippen LogP) is 7.19. The topological polar surface area (TPSA) is 47.4 Å². The number of amides is 1. The molecule has 8 heteroatoms. The molecule has 1 aromatic heterocycles. The molecular formula is C21H30Cl3N3O2. The van der Waals surface area contributed by atoms with Crippen LogP contribution in [0.4, 0.5) is 4.79 Å². The summed E-state index contributed by atoms with van der Waals surface area (Å²) in [6, 6.07) is 2.97. The van der Waals surface area contributed by atoms with Crippen LogP contribution in [-0.2, 0) is 0 Å². The van der Waals surface area contributed by atoms with Gasteiger partial charge in [-0.25, -0.2) is 9.78 Å². The van der Waals surface area contributed by atoms with Gasteiger partial charge < -0.3 is 9.64 Å². The molecule has 0 aliphatic heterocycles. The minimum Gasteiger partial charge on any atom is -0.489 e. The van der Waals surface area contributed by atoms with Crippen molar-refractivity contribution in [1.29, 1.82) is 0 Å². The smallest absolute Gasteiger partial charge is 0.329 e. The van der Waals surface area contributed by atoms with E-state index in [0.29, 0.717) is 33.9 Å². The van der Waals surface area contributed by atoms with Gasteiger partial charge in [0.15, 0.2) is 5.75 Å². The molecule has 162 valence electrons. The highest BCUT2D eigenvalue weighted by molar-refractivity contribution is 6.40. The van der Waals surface area contributed by atoms with Gasteiger partial charge in [-0.2, -0.15) is 0 Å². The van der Waals surface area contributed by atoms with Crippen LogP contribution < -0.4 is 4.74 Å². The standard InChI is InChI=1S/C15H16Cl3N3O2.C6H14/c1-2-4-20(15(22)21-5-3-19-10-21)6-7-23-14-12(17)8-11(16)9-13(14)18;1-3-5-6-4-2/h3,5,8-10H,2,4,6-7H2,1H3;3-6H2,1-2H3. The van der Waals surface area contributed by atoms with Crippen LogP contribution in [0.25, 0.3) is 0 Å². The summed E-state index contributed by atoms with van der Waals surface area (Å²) in [5.74, 6) is 0.365. The zero-order valence-corrected chi connectivity index (χ0v) is 19.6. The van der Waals surface area contributed by atoms with Crippen molar-refractivity contribution < 1.29 is 9.53 Å². The van der Waals surface area contributed by atoms with Crippen molar-refractivity contribution >= 4 is 40.8 Å². The molecule has 0 N–H and O–H groups in total. The first-order chi connectivity index (χ1) is 13.9. The molecule has 0 unspecified atom stereocenters. The van der Waals surface area contributed by atoms with E-state index in [9.17, 15) is 4.79 Å². The molecule has 0 atom stereocenters. The molecule has 0 fully saturated rings. The van der Waals surface area contributed by atoms with Crippen LogP contribution in [0.15, 0.2) is 30.9 Å². The number of hydrogen-bond donors (Lipinski definition) is 0. The molecule has 2 aromatic rings. The van der Waals surface area contributed by atoms with E-state index in [1.807, 2.05) is 6.92 Å². The Morgan fingerprint density at radius 3 is 2.14 bits per heavy atom. The fourth-order valence-electron chi connectivity index (χ4n) is 2.53. The van der Waals surface area contributed by atoms with Gasteiger partial charge in [0.05, 0.1) is 16.6 Å². The average molecular weight is 463 g/mol. The number of aromatic nitrogens is 2. The maximum absolute atomic E-state index is 12.3. The minimum atomic E-state index is -0.152. The molecule has 0 spiro atoms. The summed E-state index contributed by atoms with van der Waals surface area (Å²) < 4.78 is 7.05. The van der Waals surface area contributed by atoms with Crippen LogP contribution in [0.1, 0.15) is 52.9 Å². The number of nitrogens with zero attached hydrogens (tertiary/aromatic N) is 3. The first-order valence-corrected chi connectivity index (χ1v) is 11.1. The fourth-order valence-corrected chi connectivity index (χ4v) is 3.46. The SMILES string of the molecule is CCCCCC.CCCN(CCOc1c(Cl)cc(Cl)cc1Cl)C(=O)n1ccnc1. The Labute approximate surface area is 188 Å². The Kier molecular flexibility index (Phi) is 12.8. The average Bonchev–Trinajstić information content (AvgIpc) is 3.22. The second-order valence-corrected chi connectivity index (χ2v) is 7.74. The van der Waals surface area contributed by atoms with Crippen LogP contribution in [0, 0.1) is 0 Å². The van der Waals surface area contributed by atoms with Crippen LogP contribution in [0.2, 0.25) is 15.1 Å². The lowest BCUT2D eigenvalue weighted by Crippen LogP contribution is -2.37. The molecule has 1 heterocycles. The summed E-state index contributed by atoms with van der Waals surface area (Å²) in [5, 5.41) is 1.12. The van der Waals surface area contributed by atoms with E-state index >= 15 is 0 Å². The van der Waals surface area contributed by atoms with E-state index in [1.165, 1.54) is 36.6 Å². The Bertz CT molecular complexity index is 697. The zero-order chi connectivity index (χ0) is 21.6. The second kappa shape index (κ2) is 14.5. The maximum atomic E-state index is 12.3. The lowest BCUT2D eigenvalue weighted by atomic mass is 10.2. The molecule has 0 radical (unpaired) electrons. The van der Waals surface area contributed by atoms with E-state index in [2.05, 4.69) is 18.8 Å². The molecule has 5 nitrogen and oxygen atoms in total. The van der Waals surface area contributed by atoms with Crippen molar-refractivity contribution in [1.82, 2.24) is 14.5 Å². The van der Waals surface area contributed by atoms with Crippen molar-refractivity contribution in [3.05, 3.63) is 45.9 Å². The lowest BCUT2D eigenvalue weighted by Gasteiger charge is -2.22. The lowest BCUT2D eigenvalue weighted by molar-refractivity contribution is 0.184. The molecule has 0 saturated carbocycles. The number of benzene rings is 1. The molecule has 1 amide bonds. The number of ether oxygens (including phenoxy) is 1. The van der Waals surface area contributed by atoms with Crippen LogP contribution >= 0.6 is 34.8 Å². The number of carbonyl (C=O) groups is 1. The number of rotatable bonds is 9. The highest BCUT2D eigenvalue weighted by Crippen LogP contribution is 2.35. The maximum Gasteiger partial charge on any atom is 0.329 e. The monoisotopic (exact) mass is 461 g/mol. The largest absolute Gasteiger partial charge is 0.489 e. The Balaban J connectivity index is 0.000000612. The molecule has 0 bridgehead atoms. The highest BCUT2D eigenvalue weighted by Gasteiger charge is 2.15. The van der Waals surface area contributed by atoms with Gasteiger partial charge in [0, 0.05) is 24.0 Å². The number of unbranched alkanes of at least 4 members (excludes halogenated alkanes) is 3. The third-order valence-corrected chi connectivity index (χ3v) is 4.80. The minimum absolute atomic E-state index is 0.152. The van der Waals surface area contributed by atoms with Gasteiger partial charge >= 0.3 is 6.03 Å². The quantitative estimate of drug-likeness (QED) is 0.370. The molecule has 0 saturated heterocycles. The molecule has 1 aromatic carbocycles.